The molecule has 0 heterocycles. The van der Waals surface area contributed by atoms with Crippen molar-refractivity contribution in [2.45, 2.75) is 109 Å². The Labute approximate surface area is 416 Å². The molecular formula is C69H63N. The molecule has 5 aliphatic rings. The van der Waals surface area contributed by atoms with Gasteiger partial charge in [0.25, 0.3) is 0 Å². The first-order valence-electron chi connectivity index (χ1n) is 25.7. The normalized spacial score (nSPS) is 17.0. The molecule has 13 rings (SSSR count). The van der Waals surface area contributed by atoms with Crippen LogP contribution in [0.5, 0.6) is 0 Å². The molecule has 70 heavy (non-hydrogen) atoms. The van der Waals surface area contributed by atoms with Crippen molar-refractivity contribution in [1.29, 1.82) is 0 Å². The van der Waals surface area contributed by atoms with Gasteiger partial charge in [0.2, 0.25) is 0 Å². The fourth-order valence-corrected chi connectivity index (χ4v) is 13.9. The quantitative estimate of drug-likeness (QED) is 0.170. The summed E-state index contributed by atoms with van der Waals surface area (Å²) in [4.78, 5) is 2.70. The van der Waals surface area contributed by atoms with Gasteiger partial charge in [-0.05, 0) is 148 Å². The van der Waals surface area contributed by atoms with E-state index in [4.69, 9.17) is 0 Å². The second-order valence-electron chi connectivity index (χ2n) is 23.9. The van der Waals surface area contributed by atoms with E-state index in [0.717, 1.165) is 12.8 Å². The van der Waals surface area contributed by atoms with Gasteiger partial charge in [-0.15, -0.1) is 0 Å². The van der Waals surface area contributed by atoms with E-state index >= 15 is 0 Å². The second-order valence-corrected chi connectivity index (χ2v) is 23.9. The zero-order chi connectivity index (χ0) is 48.3. The zero-order valence-corrected chi connectivity index (χ0v) is 42.6. The highest BCUT2D eigenvalue weighted by Gasteiger charge is 2.53. The van der Waals surface area contributed by atoms with Crippen molar-refractivity contribution in [3.8, 4) is 44.5 Å². The lowest BCUT2D eigenvalue weighted by atomic mass is 9.69. The monoisotopic (exact) mass is 905 g/mol. The summed E-state index contributed by atoms with van der Waals surface area (Å²) in [5.41, 5.74) is 30.3. The predicted molar refractivity (Wildman–Crippen MR) is 295 cm³/mol. The summed E-state index contributed by atoms with van der Waals surface area (Å²) < 4.78 is 0. The number of anilines is 2. The van der Waals surface area contributed by atoms with E-state index in [9.17, 15) is 0 Å². The third-order valence-corrected chi connectivity index (χ3v) is 17.3. The average molecular weight is 906 g/mol. The Hall–Kier alpha value is -6.96. The minimum Gasteiger partial charge on any atom is -0.313 e. The van der Waals surface area contributed by atoms with Crippen LogP contribution in [0.15, 0.2) is 187 Å². The molecule has 1 spiro atoms. The van der Waals surface area contributed by atoms with E-state index in [1.165, 1.54) is 128 Å². The maximum Gasteiger partial charge on any atom is 0.0725 e. The fraction of sp³-hybridized carbons (Fsp3) is 0.246. The van der Waals surface area contributed by atoms with Crippen LogP contribution in [-0.4, -0.2) is 0 Å². The van der Waals surface area contributed by atoms with Gasteiger partial charge in [0.1, 0.15) is 0 Å². The zero-order valence-electron chi connectivity index (χ0n) is 42.6. The Kier molecular flexibility index (Phi) is 8.96. The molecule has 0 aromatic heterocycles. The number of rotatable bonds is 4. The number of allylic oxidation sites excluding steroid dienone is 4. The van der Waals surface area contributed by atoms with Gasteiger partial charge in [0, 0.05) is 27.8 Å². The highest BCUT2D eigenvalue weighted by atomic mass is 15.2. The third kappa shape index (κ3) is 5.73. The van der Waals surface area contributed by atoms with Gasteiger partial charge >= 0.3 is 0 Å². The van der Waals surface area contributed by atoms with Crippen LogP contribution in [0.4, 0.5) is 11.4 Å². The Morgan fingerprint density at radius 1 is 0.400 bits per heavy atom. The molecule has 1 heteroatoms. The molecular weight excluding hydrogens is 843 g/mol. The van der Waals surface area contributed by atoms with E-state index in [0.29, 0.717) is 0 Å². The molecule has 5 aliphatic carbocycles. The average Bonchev–Trinajstić information content (AvgIpc) is 3.98. The Morgan fingerprint density at radius 2 is 0.914 bits per heavy atom. The summed E-state index contributed by atoms with van der Waals surface area (Å²) in [6.45, 7) is 23.8. The van der Waals surface area contributed by atoms with Crippen LogP contribution in [-0.2, 0) is 27.1 Å². The third-order valence-electron chi connectivity index (χ3n) is 17.3. The standard InChI is InChI=1S/C69H63N/c1-65(2,3)42-33-36-47-48-37-34-43(66(4,5)6)40-60(48)69(59(47)39-42)56-29-17-12-22-46(56)53-41-44(35-38-57(53)69)70(62-32-20-26-51-45-21-11-15-27-54(45)68(9,10)64(51)62)61-31-18-14-23-49(61)50-25-19-30-58-63(50)52-24-13-16-28-55(52)67(58,7)8/h11-19,21-31,33-41H,20,32H2,1-10H3. The molecule has 0 unspecified atom stereocenters. The summed E-state index contributed by atoms with van der Waals surface area (Å²) in [5.74, 6) is 0. The number of hydrogen-bond acceptors (Lipinski definition) is 1. The van der Waals surface area contributed by atoms with E-state index in [1.807, 2.05) is 0 Å². The van der Waals surface area contributed by atoms with Gasteiger partial charge in [-0.25, -0.2) is 0 Å². The smallest absolute Gasteiger partial charge is 0.0725 e. The van der Waals surface area contributed by atoms with Crippen LogP contribution in [0.3, 0.4) is 0 Å². The minimum absolute atomic E-state index is 0.00711. The number of hydrogen-bond donors (Lipinski definition) is 0. The topological polar surface area (TPSA) is 3.24 Å². The van der Waals surface area contributed by atoms with Crippen LogP contribution >= 0.6 is 0 Å². The molecule has 0 aliphatic heterocycles. The minimum atomic E-state index is -0.469. The van der Waals surface area contributed by atoms with Gasteiger partial charge < -0.3 is 4.90 Å². The van der Waals surface area contributed by atoms with E-state index in [-0.39, 0.29) is 21.7 Å². The van der Waals surface area contributed by atoms with Crippen molar-refractivity contribution in [2.24, 2.45) is 0 Å². The molecule has 1 nitrogen and oxygen atoms in total. The lowest BCUT2D eigenvalue weighted by Crippen LogP contribution is -2.28. The SMILES string of the molecule is CC(C)(C)c1ccc2c(c1)C1(c3ccccc3-c3cc(N(C4=C5C(=CCC4)c4ccccc4C5(C)C)c4ccccc4-c4cccc5c4-c4ccccc4C5(C)C)ccc31)c1cc(C(C)(C)C)ccc1-2. The van der Waals surface area contributed by atoms with Crippen LogP contribution in [0.25, 0.3) is 50.1 Å². The van der Waals surface area contributed by atoms with Crippen LogP contribution < -0.4 is 4.90 Å². The predicted octanol–water partition coefficient (Wildman–Crippen LogP) is 18.2. The summed E-state index contributed by atoms with van der Waals surface area (Å²) in [6, 6.07) is 66.3. The maximum atomic E-state index is 2.70. The number of nitrogens with zero attached hydrogens (tertiary/aromatic N) is 1. The van der Waals surface area contributed by atoms with Crippen molar-refractivity contribution in [3.63, 3.8) is 0 Å². The summed E-state index contributed by atoms with van der Waals surface area (Å²) in [5, 5.41) is 0. The summed E-state index contributed by atoms with van der Waals surface area (Å²) in [7, 11) is 0. The molecule has 0 radical (unpaired) electrons. The molecule has 0 saturated heterocycles. The van der Waals surface area contributed by atoms with E-state index in [2.05, 4.69) is 250 Å². The van der Waals surface area contributed by atoms with Crippen molar-refractivity contribution < 1.29 is 0 Å². The first kappa shape index (κ1) is 43.1. The van der Waals surface area contributed by atoms with Gasteiger partial charge in [-0.3, -0.25) is 0 Å². The molecule has 0 bridgehead atoms. The summed E-state index contributed by atoms with van der Waals surface area (Å²) >= 11 is 0. The lowest BCUT2D eigenvalue weighted by Gasteiger charge is -2.37. The molecule has 0 atom stereocenters. The van der Waals surface area contributed by atoms with E-state index < -0.39 is 5.41 Å². The Balaban J connectivity index is 1.10. The molecule has 344 valence electrons. The largest absolute Gasteiger partial charge is 0.313 e. The van der Waals surface area contributed by atoms with Crippen molar-refractivity contribution in [2.75, 3.05) is 4.90 Å². The van der Waals surface area contributed by atoms with Crippen LogP contribution in [0, 0.1) is 0 Å². The molecule has 8 aromatic rings. The molecule has 8 aromatic carbocycles. The Morgan fingerprint density at radius 3 is 1.57 bits per heavy atom. The van der Waals surface area contributed by atoms with Crippen LogP contribution in [0.1, 0.15) is 138 Å². The van der Waals surface area contributed by atoms with Crippen LogP contribution in [0.2, 0.25) is 0 Å². The number of benzene rings is 8. The van der Waals surface area contributed by atoms with Gasteiger partial charge in [0.05, 0.1) is 11.1 Å². The summed E-state index contributed by atoms with van der Waals surface area (Å²) in [6.07, 6.45) is 4.45. The second kappa shape index (κ2) is 14.6. The fourth-order valence-electron chi connectivity index (χ4n) is 13.9. The first-order valence-corrected chi connectivity index (χ1v) is 25.7. The lowest BCUT2D eigenvalue weighted by molar-refractivity contribution is 0.586. The van der Waals surface area contributed by atoms with Crippen molar-refractivity contribution in [3.05, 3.63) is 243 Å². The Bertz CT molecular complexity index is 3560. The number of fused-ring (bicyclic) bond motifs is 16. The number of para-hydroxylation sites is 1. The molecule has 0 fully saturated rings. The first-order chi connectivity index (χ1) is 33.5. The molecule has 0 N–H and O–H groups in total. The highest BCUT2D eigenvalue weighted by Crippen LogP contribution is 2.65. The van der Waals surface area contributed by atoms with Crippen molar-refractivity contribution in [1.82, 2.24) is 0 Å². The highest BCUT2D eigenvalue weighted by molar-refractivity contribution is 6.01. The van der Waals surface area contributed by atoms with Gasteiger partial charge in [0.15, 0.2) is 0 Å². The maximum absolute atomic E-state index is 2.70. The van der Waals surface area contributed by atoms with Gasteiger partial charge in [-0.1, -0.05) is 227 Å². The van der Waals surface area contributed by atoms with E-state index in [1.54, 1.807) is 0 Å². The molecule has 0 saturated carbocycles. The molecule has 0 amide bonds. The van der Waals surface area contributed by atoms with Crippen molar-refractivity contribution >= 4 is 16.9 Å². The van der Waals surface area contributed by atoms with Gasteiger partial charge in [-0.2, -0.15) is 0 Å².